The predicted octanol–water partition coefficient (Wildman–Crippen LogP) is 2.64. The molecule has 0 aliphatic heterocycles. The molecule has 5 nitrogen and oxygen atoms in total. The van der Waals surface area contributed by atoms with Crippen LogP contribution < -0.4 is 15.2 Å². The van der Waals surface area contributed by atoms with E-state index < -0.39 is 0 Å². The molecular formula is C15H20ClN3O2. The number of ether oxygens (including phenoxy) is 2. The Morgan fingerprint density at radius 2 is 1.86 bits per heavy atom. The minimum atomic E-state index is -0.295. The van der Waals surface area contributed by atoms with Gasteiger partial charge < -0.3 is 15.2 Å². The van der Waals surface area contributed by atoms with Crippen LogP contribution in [0, 0.1) is 6.92 Å². The molecule has 1 heterocycles. The van der Waals surface area contributed by atoms with Crippen LogP contribution in [-0.4, -0.2) is 24.0 Å². The van der Waals surface area contributed by atoms with E-state index in [0.717, 1.165) is 16.8 Å². The lowest BCUT2D eigenvalue weighted by Gasteiger charge is -2.19. The van der Waals surface area contributed by atoms with E-state index >= 15 is 0 Å². The molecule has 0 bridgehead atoms. The highest BCUT2D eigenvalue weighted by atomic mass is 35.5. The second-order valence-corrected chi connectivity index (χ2v) is 5.22. The number of nitrogens with two attached hydrogens (primary N) is 1. The van der Waals surface area contributed by atoms with E-state index in [-0.39, 0.29) is 6.04 Å². The standard InChI is InChI=1S/C15H20ClN3O2/c1-9-10(15(16)19(2)18-9)8-11(17)14-12(20-3)6-5-7-13(14)21-4/h5-7,11H,8,17H2,1-4H3. The number of benzene rings is 1. The van der Waals surface area contributed by atoms with Gasteiger partial charge in [-0.05, 0) is 25.5 Å². The van der Waals surface area contributed by atoms with E-state index in [2.05, 4.69) is 5.10 Å². The van der Waals surface area contributed by atoms with Gasteiger partial charge in [0.2, 0.25) is 0 Å². The summed E-state index contributed by atoms with van der Waals surface area (Å²) in [7, 11) is 5.05. The van der Waals surface area contributed by atoms with Crippen LogP contribution in [0.2, 0.25) is 5.15 Å². The number of hydrogen-bond acceptors (Lipinski definition) is 4. The Bertz CT molecular complexity index is 618. The van der Waals surface area contributed by atoms with Gasteiger partial charge in [-0.3, -0.25) is 4.68 Å². The van der Waals surface area contributed by atoms with Crippen LogP contribution in [0.5, 0.6) is 11.5 Å². The van der Waals surface area contributed by atoms with E-state index in [4.69, 9.17) is 26.8 Å². The summed E-state index contributed by atoms with van der Waals surface area (Å²) in [6.45, 7) is 1.92. The Balaban J connectivity index is 2.38. The third kappa shape index (κ3) is 2.99. The van der Waals surface area contributed by atoms with Crippen LogP contribution in [-0.2, 0) is 13.5 Å². The van der Waals surface area contributed by atoms with Gasteiger partial charge in [-0.15, -0.1) is 0 Å². The van der Waals surface area contributed by atoms with Crippen LogP contribution in [0.3, 0.4) is 0 Å². The van der Waals surface area contributed by atoms with Crippen molar-refractivity contribution in [1.29, 1.82) is 0 Å². The number of aromatic nitrogens is 2. The smallest absolute Gasteiger partial charge is 0.130 e. The summed E-state index contributed by atoms with van der Waals surface area (Å²) in [5, 5.41) is 4.92. The van der Waals surface area contributed by atoms with Crippen LogP contribution in [0.1, 0.15) is 22.9 Å². The molecule has 2 aromatic rings. The summed E-state index contributed by atoms with van der Waals surface area (Å²) in [5.74, 6) is 1.42. The molecule has 0 aliphatic carbocycles. The van der Waals surface area contributed by atoms with Gasteiger partial charge in [0.05, 0.1) is 25.5 Å². The molecule has 1 aromatic heterocycles. The highest BCUT2D eigenvalue weighted by Crippen LogP contribution is 2.35. The van der Waals surface area contributed by atoms with Crippen molar-refractivity contribution in [3.63, 3.8) is 0 Å². The molecule has 1 aromatic carbocycles. The fraction of sp³-hybridized carbons (Fsp3) is 0.400. The Morgan fingerprint density at radius 1 is 1.29 bits per heavy atom. The lowest BCUT2D eigenvalue weighted by atomic mass is 9.98. The molecule has 21 heavy (non-hydrogen) atoms. The van der Waals surface area contributed by atoms with Gasteiger partial charge in [-0.1, -0.05) is 17.7 Å². The molecule has 0 spiro atoms. The highest BCUT2D eigenvalue weighted by Gasteiger charge is 2.21. The number of halogens is 1. The van der Waals surface area contributed by atoms with Gasteiger partial charge in [-0.25, -0.2) is 0 Å². The normalized spacial score (nSPS) is 12.3. The first-order valence-corrected chi connectivity index (χ1v) is 7.01. The molecule has 0 saturated carbocycles. The van der Waals surface area contributed by atoms with Crippen molar-refractivity contribution in [3.05, 3.63) is 40.2 Å². The molecule has 2 N–H and O–H groups in total. The van der Waals surface area contributed by atoms with Crippen molar-refractivity contribution in [2.45, 2.75) is 19.4 Å². The van der Waals surface area contributed by atoms with Gasteiger partial charge in [0, 0.05) is 18.7 Å². The number of aryl methyl sites for hydroxylation is 2. The Hall–Kier alpha value is -1.72. The van der Waals surface area contributed by atoms with E-state index in [1.54, 1.807) is 18.9 Å². The summed E-state index contributed by atoms with van der Waals surface area (Å²) >= 11 is 6.28. The molecule has 0 aliphatic rings. The molecule has 6 heteroatoms. The number of methoxy groups -OCH3 is 2. The maximum Gasteiger partial charge on any atom is 0.130 e. The molecule has 0 saturated heterocycles. The third-order valence-corrected chi connectivity index (χ3v) is 4.00. The fourth-order valence-corrected chi connectivity index (χ4v) is 2.72. The van der Waals surface area contributed by atoms with Crippen LogP contribution in [0.25, 0.3) is 0 Å². The summed E-state index contributed by atoms with van der Waals surface area (Å²) in [5.41, 5.74) is 9.03. The molecule has 0 fully saturated rings. The summed E-state index contributed by atoms with van der Waals surface area (Å²) in [4.78, 5) is 0. The third-order valence-electron chi connectivity index (χ3n) is 3.53. The maximum atomic E-state index is 6.37. The first-order chi connectivity index (χ1) is 9.99. The summed E-state index contributed by atoms with van der Waals surface area (Å²) in [6.07, 6.45) is 0.565. The molecule has 0 amide bonds. The zero-order valence-corrected chi connectivity index (χ0v) is 13.4. The topological polar surface area (TPSA) is 62.3 Å². The molecule has 1 unspecified atom stereocenters. The predicted molar refractivity (Wildman–Crippen MR) is 83.1 cm³/mol. The number of hydrogen-bond donors (Lipinski definition) is 1. The van der Waals surface area contributed by atoms with E-state index in [9.17, 15) is 0 Å². The van der Waals surface area contributed by atoms with Crippen LogP contribution in [0.15, 0.2) is 18.2 Å². The minimum Gasteiger partial charge on any atom is -0.496 e. The summed E-state index contributed by atoms with van der Waals surface area (Å²) < 4.78 is 12.4. The van der Waals surface area contributed by atoms with Crippen molar-refractivity contribution >= 4 is 11.6 Å². The van der Waals surface area contributed by atoms with Crippen LogP contribution >= 0.6 is 11.6 Å². The molecule has 114 valence electrons. The largest absolute Gasteiger partial charge is 0.496 e. The number of nitrogens with zero attached hydrogens (tertiary/aromatic N) is 2. The molecule has 2 rings (SSSR count). The van der Waals surface area contributed by atoms with Gasteiger partial charge in [0.1, 0.15) is 16.7 Å². The quantitative estimate of drug-likeness (QED) is 0.922. The van der Waals surface area contributed by atoms with Crippen molar-refractivity contribution in [2.24, 2.45) is 12.8 Å². The summed E-state index contributed by atoms with van der Waals surface area (Å²) in [6, 6.07) is 5.32. The minimum absolute atomic E-state index is 0.295. The molecule has 0 radical (unpaired) electrons. The SMILES string of the molecule is COc1cccc(OC)c1C(N)Cc1c(C)nn(C)c1Cl. The zero-order valence-electron chi connectivity index (χ0n) is 12.7. The van der Waals surface area contributed by atoms with Crippen LogP contribution in [0.4, 0.5) is 0 Å². The van der Waals surface area contributed by atoms with Gasteiger partial charge in [-0.2, -0.15) is 5.10 Å². The van der Waals surface area contributed by atoms with Crippen molar-refractivity contribution in [1.82, 2.24) is 9.78 Å². The monoisotopic (exact) mass is 309 g/mol. The lowest BCUT2D eigenvalue weighted by Crippen LogP contribution is -2.16. The highest BCUT2D eigenvalue weighted by molar-refractivity contribution is 6.30. The zero-order chi connectivity index (χ0) is 15.6. The average molecular weight is 310 g/mol. The maximum absolute atomic E-state index is 6.37. The van der Waals surface area contributed by atoms with E-state index in [1.165, 1.54) is 0 Å². The average Bonchev–Trinajstić information content (AvgIpc) is 2.72. The Morgan fingerprint density at radius 3 is 2.29 bits per heavy atom. The second kappa shape index (κ2) is 6.37. The van der Waals surface area contributed by atoms with Crippen molar-refractivity contribution < 1.29 is 9.47 Å². The van der Waals surface area contributed by atoms with E-state index in [1.807, 2.05) is 32.2 Å². The van der Waals surface area contributed by atoms with Gasteiger partial charge in [0.25, 0.3) is 0 Å². The van der Waals surface area contributed by atoms with Gasteiger partial charge in [0.15, 0.2) is 0 Å². The van der Waals surface area contributed by atoms with Gasteiger partial charge >= 0.3 is 0 Å². The van der Waals surface area contributed by atoms with Crippen molar-refractivity contribution in [3.8, 4) is 11.5 Å². The van der Waals surface area contributed by atoms with E-state index in [0.29, 0.717) is 23.1 Å². The molecular weight excluding hydrogens is 290 g/mol. The molecule has 1 atom stereocenters. The Labute approximate surface area is 129 Å². The number of rotatable bonds is 5. The fourth-order valence-electron chi connectivity index (χ4n) is 2.47. The second-order valence-electron chi connectivity index (χ2n) is 4.87. The lowest BCUT2D eigenvalue weighted by molar-refractivity contribution is 0.378. The first-order valence-electron chi connectivity index (χ1n) is 6.64. The first kappa shape index (κ1) is 15.7. The van der Waals surface area contributed by atoms with Crippen molar-refractivity contribution in [2.75, 3.05) is 14.2 Å². The Kier molecular flexibility index (Phi) is 4.75.